The molecular formula is C15H16N4O2. The Kier molecular flexibility index (Phi) is 3.01. The van der Waals surface area contributed by atoms with Crippen LogP contribution in [0.3, 0.4) is 0 Å². The predicted molar refractivity (Wildman–Crippen MR) is 80.5 cm³/mol. The van der Waals surface area contributed by atoms with Crippen LogP contribution in [0.1, 0.15) is 11.1 Å². The van der Waals surface area contributed by atoms with E-state index in [1.807, 2.05) is 25.1 Å². The van der Waals surface area contributed by atoms with E-state index in [4.69, 9.17) is 0 Å². The Hall–Kier alpha value is -2.63. The number of imidazole rings is 1. The summed E-state index contributed by atoms with van der Waals surface area (Å²) in [6.07, 6.45) is 1.60. The van der Waals surface area contributed by atoms with Crippen LogP contribution in [0.2, 0.25) is 0 Å². The minimum absolute atomic E-state index is 0.321. The maximum atomic E-state index is 12.3. The monoisotopic (exact) mass is 284 g/mol. The van der Waals surface area contributed by atoms with Gasteiger partial charge in [-0.3, -0.25) is 13.9 Å². The molecule has 1 aromatic carbocycles. The minimum atomic E-state index is -0.367. The van der Waals surface area contributed by atoms with Crippen LogP contribution in [-0.2, 0) is 20.6 Å². The summed E-state index contributed by atoms with van der Waals surface area (Å²) in [6.45, 7) is 2.57. The Morgan fingerprint density at radius 1 is 1.14 bits per heavy atom. The van der Waals surface area contributed by atoms with E-state index < -0.39 is 0 Å². The lowest BCUT2D eigenvalue weighted by atomic mass is 10.1. The van der Waals surface area contributed by atoms with E-state index >= 15 is 0 Å². The molecule has 0 fully saturated rings. The van der Waals surface area contributed by atoms with Gasteiger partial charge in [0.05, 0.1) is 6.33 Å². The van der Waals surface area contributed by atoms with Crippen LogP contribution in [0, 0.1) is 6.92 Å². The molecule has 108 valence electrons. The molecule has 0 saturated carbocycles. The van der Waals surface area contributed by atoms with Gasteiger partial charge in [0.25, 0.3) is 5.56 Å². The highest BCUT2D eigenvalue weighted by atomic mass is 16.2. The molecule has 0 unspecified atom stereocenters. The molecule has 6 heteroatoms. The summed E-state index contributed by atoms with van der Waals surface area (Å²) >= 11 is 0. The normalized spacial score (nSPS) is 11.2. The molecule has 0 atom stereocenters. The van der Waals surface area contributed by atoms with E-state index in [1.165, 1.54) is 11.6 Å². The van der Waals surface area contributed by atoms with Gasteiger partial charge in [-0.15, -0.1) is 0 Å². The molecule has 2 aromatic heterocycles. The molecule has 3 rings (SSSR count). The Morgan fingerprint density at radius 2 is 1.90 bits per heavy atom. The number of hydrogen-bond acceptors (Lipinski definition) is 3. The number of rotatable bonds is 2. The Labute approximate surface area is 120 Å². The maximum Gasteiger partial charge on any atom is 0.332 e. The van der Waals surface area contributed by atoms with Gasteiger partial charge in [0.1, 0.15) is 0 Å². The first-order valence-electron chi connectivity index (χ1n) is 6.65. The summed E-state index contributed by atoms with van der Waals surface area (Å²) in [4.78, 5) is 28.4. The Bertz CT molecular complexity index is 946. The molecule has 0 amide bonds. The maximum absolute atomic E-state index is 12.3. The van der Waals surface area contributed by atoms with Gasteiger partial charge >= 0.3 is 5.69 Å². The number of nitrogens with zero attached hydrogens (tertiary/aromatic N) is 4. The van der Waals surface area contributed by atoms with Gasteiger partial charge in [-0.2, -0.15) is 0 Å². The van der Waals surface area contributed by atoms with Crippen molar-refractivity contribution in [1.82, 2.24) is 18.7 Å². The summed E-state index contributed by atoms with van der Waals surface area (Å²) < 4.78 is 4.28. The van der Waals surface area contributed by atoms with Crippen LogP contribution in [0.4, 0.5) is 0 Å². The van der Waals surface area contributed by atoms with E-state index in [0.717, 1.165) is 15.7 Å². The van der Waals surface area contributed by atoms with Crippen molar-refractivity contribution >= 4 is 11.2 Å². The zero-order valence-corrected chi connectivity index (χ0v) is 12.2. The van der Waals surface area contributed by atoms with E-state index in [-0.39, 0.29) is 11.2 Å². The van der Waals surface area contributed by atoms with Crippen LogP contribution in [0.25, 0.3) is 11.2 Å². The molecule has 0 N–H and O–H groups in total. The van der Waals surface area contributed by atoms with Crippen molar-refractivity contribution < 1.29 is 0 Å². The van der Waals surface area contributed by atoms with E-state index in [0.29, 0.717) is 17.7 Å². The molecule has 0 aliphatic heterocycles. The fourth-order valence-electron chi connectivity index (χ4n) is 2.52. The first-order valence-corrected chi connectivity index (χ1v) is 6.65. The number of fused-ring (bicyclic) bond motifs is 1. The van der Waals surface area contributed by atoms with Crippen LogP contribution >= 0.6 is 0 Å². The predicted octanol–water partition coefficient (Wildman–Crippen LogP) is 0.790. The van der Waals surface area contributed by atoms with E-state index in [1.54, 1.807) is 17.9 Å². The highest BCUT2D eigenvalue weighted by molar-refractivity contribution is 5.70. The number of hydrogen-bond donors (Lipinski definition) is 0. The van der Waals surface area contributed by atoms with Gasteiger partial charge in [0.2, 0.25) is 0 Å². The molecule has 0 bridgehead atoms. The fraction of sp³-hybridized carbons (Fsp3) is 0.267. The van der Waals surface area contributed by atoms with Gasteiger partial charge in [0.15, 0.2) is 11.2 Å². The number of aryl methyl sites for hydroxylation is 2. The summed E-state index contributed by atoms with van der Waals surface area (Å²) in [5, 5.41) is 0. The quantitative estimate of drug-likeness (QED) is 0.699. The molecule has 0 radical (unpaired) electrons. The van der Waals surface area contributed by atoms with Crippen LogP contribution in [0.5, 0.6) is 0 Å². The van der Waals surface area contributed by atoms with Crippen molar-refractivity contribution in [3.8, 4) is 0 Å². The number of aromatic nitrogens is 4. The van der Waals surface area contributed by atoms with E-state index in [9.17, 15) is 9.59 Å². The Balaban J connectivity index is 2.21. The second kappa shape index (κ2) is 4.73. The average molecular weight is 284 g/mol. The van der Waals surface area contributed by atoms with Gasteiger partial charge in [-0.1, -0.05) is 29.8 Å². The van der Waals surface area contributed by atoms with Gasteiger partial charge in [-0.05, 0) is 12.5 Å². The average Bonchev–Trinajstić information content (AvgIpc) is 2.87. The zero-order chi connectivity index (χ0) is 15.1. The van der Waals surface area contributed by atoms with Gasteiger partial charge in [-0.25, -0.2) is 9.78 Å². The minimum Gasteiger partial charge on any atom is -0.320 e. The van der Waals surface area contributed by atoms with Crippen molar-refractivity contribution in [3.05, 3.63) is 62.6 Å². The van der Waals surface area contributed by atoms with Crippen LogP contribution < -0.4 is 11.2 Å². The third kappa shape index (κ3) is 2.08. The highest BCUT2D eigenvalue weighted by Crippen LogP contribution is 2.10. The van der Waals surface area contributed by atoms with Crippen molar-refractivity contribution in [1.29, 1.82) is 0 Å². The largest absolute Gasteiger partial charge is 0.332 e. The molecule has 0 spiro atoms. The first-order chi connectivity index (χ1) is 9.99. The Morgan fingerprint density at radius 3 is 2.62 bits per heavy atom. The van der Waals surface area contributed by atoms with Crippen molar-refractivity contribution in [3.63, 3.8) is 0 Å². The highest BCUT2D eigenvalue weighted by Gasteiger charge is 2.14. The molecular weight excluding hydrogens is 268 g/mol. The second-order valence-corrected chi connectivity index (χ2v) is 5.24. The molecule has 0 aliphatic rings. The lowest BCUT2D eigenvalue weighted by Crippen LogP contribution is -2.37. The number of benzene rings is 1. The molecule has 0 aliphatic carbocycles. The summed E-state index contributed by atoms with van der Waals surface area (Å²) in [7, 11) is 3.10. The fourth-order valence-corrected chi connectivity index (χ4v) is 2.52. The lowest BCUT2D eigenvalue weighted by Gasteiger charge is -2.07. The van der Waals surface area contributed by atoms with E-state index in [2.05, 4.69) is 11.1 Å². The third-order valence-electron chi connectivity index (χ3n) is 3.65. The standard InChI is InChI=1S/C15H16N4O2/c1-10-5-4-6-11(7-10)8-19-9-16-13-12(19)14(20)18(3)15(21)17(13)2/h4-7,9H,8H2,1-3H3. The summed E-state index contributed by atoms with van der Waals surface area (Å²) in [5.74, 6) is 0. The first kappa shape index (κ1) is 13.4. The summed E-state index contributed by atoms with van der Waals surface area (Å²) in [6, 6.07) is 8.08. The molecule has 0 saturated heterocycles. The smallest absolute Gasteiger partial charge is 0.320 e. The van der Waals surface area contributed by atoms with Crippen molar-refractivity contribution in [2.24, 2.45) is 14.1 Å². The molecule has 21 heavy (non-hydrogen) atoms. The van der Waals surface area contributed by atoms with Crippen LogP contribution in [-0.4, -0.2) is 18.7 Å². The van der Waals surface area contributed by atoms with Crippen LogP contribution in [0.15, 0.2) is 40.2 Å². The molecule has 2 heterocycles. The zero-order valence-electron chi connectivity index (χ0n) is 12.2. The van der Waals surface area contributed by atoms with Crippen molar-refractivity contribution in [2.75, 3.05) is 0 Å². The summed E-state index contributed by atoms with van der Waals surface area (Å²) in [5.41, 5.74) is 2.42. The molecule has 6 nitrogen and oxygen atoms in total. The SMILES string of the molecule is Cc1cccc(Cn2cnc3c2c(=O)n(C)c(=O)n3C)c1. The van der Waals surface area contributed by atoms with Gasteiger partial charge < -0.3 is 4.57 Å². The van der Waals surface area contributed by atoms with Crippen molar-refractivity contribution in [2.45, 2.75) is 13.5 Å². The topological polar surface area (TPSA) is 61.8 Å². The lowest BCUT2D eigenvalue weighted by molar-refractivity contribution is 0.702. The second-order valence-electron chi connectivity index (χ2n) is 5.24. The third-order valence-corrected chi connectivity index (χ3v) is 3.65. The van der Waals surface area contributed by atoms with Gasteiger partial charge in [0, 0.05) is 20.6 Å². The molecule has 3 aromatic rings.